The maximum absolute atomic E-state index is 11.9. The van der Waals surface area contributed by atoms with E-state index in [9.17, 15) is 4.79 Å². The van der Waals surface area contributed by atoms with Crippen LogP contribution in [0.2, 0.25) is 5.02 Å². The van der Waals surface area contributed by atoms with Crippen molar-refractivity contribution in [2.45, 2.75) is 13.0 Å². The van der Waals surface area contributed by atoms with Gasteiger partial charge in [0.1, 0.15) is 0 Å². The van der Waals surface area contributed by atoms with Crippen LogP contribution in [0.3, 0.4) is 0 Å². The topological polar surface area (TPSA) is 59.0 Å². The lowest BCUT2D eigenvalue weighted by Crippen LogP contribution is -2.36. The zero-order valence-electron chi connectivity index (χ0n) is 13.7. The van der Waals surface area contributed by atoms with Gasteiger partial charge >= 0.3 is 6.03 Å². The molecule has 5 nitrogen and oxygen atoms in total. The highest BCUT2D eigenvalue weighted by molar-refractivity contribution is 6.31. The standard InChI is InChI=1S/C19H19ClN4O/c20-18-5-2-1-4-16(18)14-22-19(25)21-12-10-15-6-8-17(9-7-15)24-13-3-11-23-24/h1-9,11,13H,10,12,14H2,(H2,21,22,25). The second kappa shape index (κ2) is 8.35. The number of nitrogens with zero attached hydrogens (tertiary/aromatic N) is 2. The molecule has 0 radical (unpaired) electrons. The Morgan fingerprint density at radius 1 is 1.04 bits per heavy atom. The summed E-state index contributed by atoms with van der Waals surface area (Å²) in [7, 11) is 0. The van der Waals surface area contributed by atoms with Gasteiger partial charge in [-0.15, -0.1) is 0 Å². The molecule has 128 valence electrons. The molecular weight excluding hydrogens is 336 g/mol. The summed E-state index contributed by atoms with van der Waals surface area (Å²) in [6, 6.07) is 17.3. The Kier molecular flexibility index (Phi) is 5.69. The first-order chi connectivity index (χ1) is 12.2. The molecule has 0 spiro atoms. The van der Waals surface area contributed by atoms with Gasteiger partial charge in [-0.1, -0.05) is 41.9 Å². The van der Waals surface area contributed by atoms with Crippen LogP contribution in [-0.2, 0) is 13.0 Å². The Hall–Kier alpha value is -2.79. The smallest absolute Gasteiger partial charge is 0.315 e. The van der Waals surface area contributed by atoms with Crippen molar-refractivity contribution in [3.8, 4) is 5.69 Å². The number of hydrogen-bond acceptors (Lipinski definition) is 2. The van der Waals surface area contributed by atoms with Crippen LogP contribution in [0.5, 0.6) is 0 Å². The number of rotatable bonds is 6. The van der Waals surface area contributed by atoms with Gasteiger partial charge in [0.05, 0.1) is 5.69 Å². The van der Waals surface area contributed by atoms with Gasteiger partial charge in [-0.3, -0.25) is 0 Å². The van der Waals surface area contributed by atoms with Gasteiger partial charge in [0.2, 0.25) is 0 Å². The third kappa shape index (κ3) is 4.84. The lowest BCUT2D eigenvalue weighted by Gasteiger charge is -2.09. The minimum absolute atomic E-state index is 0.201. The van der Waals surface area contributed by atoms with Crippen LogP contribution < -0.4 is 10.6 Å². The van der Waals surface area contributed by atoms with Gasteiger partial charge in [0.25, 0.3) is 0 Å². The molecule has 3 aromatic rings. The highest BCUT2D eigenvalue weighted by Gasteiger charge is 2.03. The molecule has 0 aliphatic carbocycles. The molecule has 0 atom stereocenters. The first-order valence-electron chi connectivity index (χ1n) is 8.06. The molecule has 0 aliphatic rings. The average molecular weight is 355 g/mol. The summed E-state index contributed by atoms with van der Waals surface area (Å²) in [5.74, 6) is 0. The summed E-state index contributed by atoms with van der Waals surface area (Å²) in [6.07, 6.45) is 4.41. The van der Waals surface area contributed by atoms with Gasteiger partial charge < -0.3 is 10.6 Å². The number of halogens is 1. The first-order valence-corrected chi connectivity index (χ1v) is 8.44. The Labute approximate surface area is 151 Å². The van der Waals surface area contributed by atoms with Gasteiger partial charge in [-0.2, -0.15) is 5.10 Å². The van der Waals surface area contributed by atoms with E-state index in [0.29, 0.717) is 18.1 Å². The molecule has 0 saturated carbocycles. The van der Waals surface area contributed by atoms with Gasteiger partial charge in [-0.05, 0) is 41.8 Å². The number of benzene rings is 2. The second-order valence-electron chi connectivity index (χ2n) is 5.57. The van der Waals surface area contributed by atoms with Crippen molar-refractivity contribution in [3.05, 3.63) is 83.1 Å². The highest BCUT2D eigenvalue weighted by atomic mass is 35.5. The Bertz CT molecular complexity index is 816. The summed E-state index contributed by atoms with van der Waals surface area (Å²) in [6.45, 7) is 0.972. The fourth-order valence-electron chi connectivity index (χ4n) is 2.44. The molecule has 1 aromatic heterocycles. The molecule has 1 heterocycles. The molecular formula is C19H19ClN4O. The third-order valence-electron chi connectivity index (χ3n) is 3.80. The van der Waals surface area contributed by atoms with Crippen molar-refractivity contribution < 1.29 is 4.79 Å². The van der Waals surface area contributed by atoms with Crippen LogP contribution >= 0.6 is 11.6 Å². The SMILES string of the molecule is O=C(NCCc1ccc(-n2cccn2)cc1)NCc1ccccc1Cl. The van der Waals surface area contributed by atoms with Crippen molar-refractivity contribution in [3.63, 3.8) is 0 Å². The van der Waals surface area contributed by atoms with Crippen molar-refractivity contribution in [1.29, 1.82) is 0 Å². The molecule has 3 rings (SSSR count). The lowest BCUT2D eigenvalue weighted by molar-refractivity contribution is 0.240. The van der Waals surface area contributed by atoms with E-state index < -0.39 is 0 Å². The van der Waals surface area contributed by atoms with Crippen molar-refractivity contribution in [2.75, 3.05) is 6.54 Å². The Balaban J connectivity index is 1.42. The molecule has 2 amide bonds. The van der Waals surface area contributed by atoms with E-state index in [1.54, 1.807) is 6.20 Å². The minimum Gasteiger partial charge on any atom is -0.338 e. The number of aromatic nitrogens is 2. The zero-order chi connectivity index (χ0) is 17.5. The summed E-state index contributed by atoms with van der Waals surface area (Å²) >= 11 is 6.06. The number of hydrogen-bond donors (Lipinski definition) is 2. The molecule has 25 heavy (non-hydrogen) atoms. The van der Waals surface area contributed by atoms with E-state index in [4.69, 9.17) is 11.6 Å². The van der Waals surface area contributed by atoms with Crippen LogP contribution in [0.25, 0.3) is 5.69 Å². The Morgan fingerprint density at radius 3 is 2.56 bits per heavy atom. The fraction of sp³-hybridized carbons (Fsp3) is 0.158. The Morgan fingerprint density at radius 2 is 1.84 bits per heavy atom. The first kappa shape index (κ1) is 17.0. The van der Waals surface area contributed by atoms with Crippen LogP contribution in [0.1, 0.15) is 11.1 Å². The molecule has 0 saturated heterocycles. The van der Waals surface area contributed by atoms with Gasteiger partial charge in [-0.25, -0.2) is 9.48 Å². The fourth-order valence-corrected chi connectivity index (χ4v) is 2.64. The quantitative estimate of drug-likeness (QED) is 0.711. The lowest BCUT2D eigenvalue weighted by atomic mass is 10.1. The van der Waals surface area contributed by atoms with E-state index in [0.717, 1.165) is 23.2 Å². The molecule has 0 aliphatic heterocycles. The van der Waals surface area contributed by atoms with E-state index in [-0.39, 0.29) is 6.03 Å². The van der Waals surface area contributed by atoms with E-state index in [1.165, 1.54) is 0 Å². The maximum atomic E-state index is 11.9. The van der Waals surface area contributed by atoms with Crippen molar-refractivity contribution in [1.82, 2.24) is 20.4 Å². The summed E-state index contributed by atoms with van der Waals surface area (Å²) in [5, 5.41) is 10.5. The van der Waals surface area contributed by atoms with Gasteiger partial charge in [0, 0.05) is 30.5 Å². The van der Waals surface area contributed by atoms with Crippen LogP contribution in [-0.4, -0.2) is 22.4 Å². The normalized spacial score (nSPS) is 10.4. The maximum Gasteiger partial charge on any atom is 0.315 e. The molecule has 0 bridgehead atoms. The second-order valence-corrected chi connectivity index (χ2v) is 5.98. The summed E-state index contributed by atoms with van der Waals surface area (Å²) < 4.78 is 1.81. The number of amides is 2. The van der Waals surface area contributed by atoms with Crippen LogP contribution in [0.4, 0.5) is 4.79 Å². The zero-order valence-corrected chi connectivity index (χ0v) is 14.4. The average Bonchev–Trinajstić information content (AvgIpc) is 3.16. The number of nitrogens with one attached hydrogen (secondary N) is 2. The van der Waals surface area contributed by atoms with Crippen molar-refractivity contribution in [2.24, 2.45) is 0 Å². The number of urea groups is 1. The van der Waals surface area contributed by atoms with Crippen LogP contribution in [0, 0.1) is 0 Å². The minimum atomic E-state index is -0.201. The highest BCUT2D eigenvalue weighted by Crippen LogP contribution is 2.14. The number of carbonyl (C=O) groups excluding carboxylic acids is 1. The summed E-state index contributed by atoms with van der Waals surface area (Å²) in [5.41, 5.74) is 3.06. The molecule has 2 aromatic carbocycles. The van der Waals surface area contributed by atoms with E-state index in [1.807, 2.05) is 65.5 Å². The molecule has 2 N–H and O–H groups in total. The van der Waals surface area contributed by atoms with Crippen molar-refractivity contribution >= 4 is 17.6 Å². The van der Waals surface area contributed by atoms with Crippen LogP contribution in [0.15, 0.2) is 67.0 Å². The molecule has 0 fully saturated rings. The van der Waals surface area contributed by atoms with E-state index in [2.05, 4.69) is 15.7 Å². The predicted octanol–water partition coefficient (Wildman–Crippen LogP) is 3.57. The largest absolute Gasteiger partial charge is 0.338 e. The predicted molar refractivity (Wildman–Crippen MR) is 99.0 cm³/mol. The monoisotopic (exact) mass is 354 g/mol. The number of carbonyl (C=O) groups is 1. The van der Waals surface area contributed by atoms with Gasteiger partial charge in [0.15, 0.2) is 0 Å². The molecule has 6 heteroatoms. The molecule has 0 unspecified atom stereocenters. The third-order valence-corrected chi connectivity index (χ3v) is 4.17. The summed E-state index contributed by atoms with van der Waals surface area (Å²) in [4.78, 5) is 11.9. The van der Waals surface area contributed by atoms with E-state index >= 15 is 0 Å².